The first-order chi connectivity index (χ1) is 12.3. The number of pyridine rings is 1. The maximum absolute atomic E-state index is 4.60. The van der Waals surface area contributed by atoms with Crippen molar-refractivity contribution in [3.8, 4) is 0 Å². The Hall–Kier alpha value is -1.74. The molecular weight excluding hydrogens is 457 g/mol. The Labute approximate surface area is 175 Å². The summed E-state index contributed by atoms with van der Waals surface area (Å²) in [5, 5.41) is 6.69. The smallest absolute Gasteiger partial charge is 0.191 e. The van der Waals surface area contributed by atoms with Gasteiger partial charge in [0.2, 0.25) is 0 Å². The van der Waals surface area contributed by atoms with E-state index in [1.165, 1.54) is 4.90 Å². The molecule has 0 unspecified atom stereocenters. The number of aliphatic imine (C=N–C) groups is 1. The van der Waals surface area contributed by atoms with Gasteiger partial charge in [0, 0.05) is 49.6 Å². The fourth-order valence-corrected chi connectivity index (χ4v) is 3.28. The van der Waals surface area contributed by atoms with E-state index in [2.05, 4.69) is 51.1 Å². The molecule has 0 fully saturated rings. The van der Waals surface area contributed by atoms with Crippen LogP contribution in [0.4, 0.5) is 0 Å². The Bertz CT molecular complexity index is 786. The molecule has 2 heterocycles. The van der Waals surface area contributed by atoms with Gasteiger partial charge in [-0.3, -0.25) is 4.99 Å². The Kier molecular flexibility index (Phi) is 8.76. The summed E-state index contributed by atoms with van der Waals surface area (Å²) in [6.45, 7) is 1.67. The Balaban J connectivity index is 0.00000243. The summed E-state index contributed by atoms with van der Waals surface area (Å²) < 4.78 is 2.04. The second-order valence-corrected chi connectivity index (χ2v) is 6.70. The SMILES string of the molecule is CN=C(NCCSc1ccccc1)NCCc1cn2ccccc2n1.I. The molecule has 2 aromatic heterocycles. The second kappa shape index (κ2) is 11.1. The Morgan fingerprint density at radius 2 is 1.85 bits per heavy atom. The molecule has 3 rings (SSSR count). The molecule has 138 valence electrons. The van der Waals surface area contributed by atoms with Crippen molar-refractivity contribution in [1.82, 2.24) is 20.0 Å². The molecule has 5 nitrogen and oxygen atoms in total. The molecule has 0 saturated carbocycles. The molecule has 0 aliphatic rings. The molecule has 0 amide bonds. The molecule has 26 heavy (non-hydrogen) atoms. The van der Waals surface area contributed by atoms with Gasteiger partial charge in [-0.05, 0) is 24.3 Å². The largest absolute Gasteiger partial charge is 0.356 e. The zero-order valence-corrected chi connectivity index (χ0v) is 17.9. The van der Waals surface area contributed by atoms with E-state index < -0.39 is 0 Å². The Morgan fingerprint density at radius 1 is 1.08 bits per heavy atom. The van der Waals surface area contributed by atoms with E-state index in [1.807, 2.05) is 46.6 Å². The van der Waals surface area contributed by atoms with Gasteiger partial charge in [0.25, 0.3) is 0 Å². The highest BCUT2D eigenvalue weighted by Gasteiger charge is 2.02. The predicted molar refractivity (Wildman–Crippen MR) is 121 cm³/mol. The summed E-state index contributed by atoms with van der Waals surface area (Å²) in [6.07, 6.45) is 4.95. The van der Waals surface area contributed by atoms with Crippen molar-refractivity contribution in [2.24, 2.45) is 4.99 Å². The van der Waals surface area contributed by atoms with Crippen molar-refractivity contribution < 1.29 is 0 Å². The predicted octanol–water partition coefficient (Wildman–Crippen LogP) is 3.45. The molecular formula is C19H24IN5S. The number of aromatic nitrogens is 2. The van der Waals surface area contributed by atoms with Crippen molar-refractivity contribution in [2.75, 3.05) is 25.9 Å². The summed E-state index contributed by atoms with van der Waals surface area (Å²) in [5.41, 5.74) is 2.06. The normalized spacial score (nSPS) is 11.2. The lowest BCUT2D eigenvalue weighted by molar-refractivity contribution is 0.802. The quantitative estimate of drug-likeness (QED) is 0.179. The summed E-state index contributed by atoms with van der Waals surface area (Å²) in [7, 11) is 1.80. The van der Waals surface area contributed by atoms with E-state index in [4.69, 9.17) is 0 Å². The zero-order chi connectivity index (χ0) is 17.3. The Morgan fingerprint density at radius 3 is 2.62 bits per heavy atom. The molecule has 0 saturated heterocycles. The fourth-order valence-electron chi connectivity index (χ4n) is 2.49. The number of guanidine groups is 1. The third-order valence-corrected chi connectivity index (χ3v) is 4.73. The molecule has 0 bridgehead atoms. The average molecular weight is 481 g/mol. The second-order valence-electron chi connectivity index (χ2n) is 5.54. The number of halogens is 1. The molecule has 0 atom stereocenters. The number of thioether (sulfide) groups is 1. The van der Waals surface area contributed by atoms with Crippen molar-refractivity contribution in [3.63, 3.8) is 0 Å². The van der Waals surface area contributed by atoms with E-state index in [1.54, 1.807) is 7.05 Å². The van der Waals surface area contributed by atoms with Gasteiger partial charge in [-0.2, -0.15) is 0 Å². The molecule has 0 radical (unpaired) electrons. The van der Waals surface area contributed by atoms with Crippen LogP contribution in [0.15, 0.2) is 70.8 Å². The van der Waals surface area contributed by atoms with Crippen LogP contribution in [-0.4, -0.2) is 41.2 Å². The lowest BCUT2D eigenvalue weighted by Crippen LogP contribution is -2.39. The van der Waals surface area contributed by atoms with Gasteiger partial charge >= 0.3 is 0 Å². The van der Waals surface area contributed by atoms with Crippen LogP contribution >= 0.6 is 35.7 Å². The van der Waals surface area contributed by atoms with Gasteiger partial charge < -0.3 is 15.0 Å². The van der Waals surface area contributed by atoms with Crippen LogP contribution in [0, 0.1) is 0 Å². The van der Waals surface area contributed by atoms with Crippen LogP contribution < -0.4 is 10.6 Å². The maximum atomic E-state index is 4.60. The molecule has 2 N–H and O–H groups in total. The summed E-state index contributed by atoms with van der Waals surface area (Å²) in [6, 6.07) is 16.5. The van der Waals surface area contributed by atoms with E-state index in [-0.39, 0.29) is 24.0 Å². The number of fused-ring (bicyclic) bond motifs is 1. The lowest BCUT2D eigenvalue weighted by atomic mass is 10.3. The number of rotatable bonds is 7. The molecule has 0 aliphatic carbocycles. The number of imidazole rings is 1. The first-order valence-electron chi connectivity index (χ1n) is 8.40. The van der Waals surface area contributed by atoms with Gasteiger partial charge in [0.05, 0.1) is 5.69 Å². The zero-order valence-electron chi connectivity index (χ0n) is 14.8. The van der Waals surface area contributed by atoms with Crippen molar-refractivity contribution >= 4 is 47.3 Å². The van der Waals surface area contributed by atoms with Crippen LogP contribution in [-0.2, 0) is 6.42 Å². The van der Waals surface area contributed by atoms with Crippen molar-refractivity contribution in [2.45, 2.75) is 11.3 Å². The number of nitrogens with one attached hydrogen (secondary N) is 2. The highest BCUT2D eigenvalue weighted by Crippen LogP contribution is 2.15. The van der Waals surface area contributed by atoms with Gasteiger partial charge in [-0.25, -0.2) is 4.98 Å². The third-order valence-electron chi connectivity index (χ3n) is 3.72. The van der Waals surface area contributed by atoms with Crippen LogP contribution in [0.25, 0.3) is 5.65 Å². The van der Waals surface area contributed by atoms with E-state index in [0.717, 1.165) is 42.6 Å². The van der Waals surface area contributed by atoms with Crippen LogP contribution in [0.1, 0.15) is 5.69 Å². The number of hydrogen-bond acceptors (Lipinski definition) is 3. The van der Waals surface area contributed by atoms with Crippen LogP contribution in [0.5, 0.6) is 0 Å². The number of hydrogen-bond donors (Lipinski definition) is 2. The first-order valence-corrected chi connectivity index (χ1v) is 9.39. The molecule has 3 aromatic rings. The minimum Gasteiger partial charge on any atom is -0.356 e. The highest BCUT2D eigenvalue weighted by molar-refractivity contribution is 14.0. The van der Waals surface area contributed by atoms with Gasteiger partial charge in [-0.15, -0.1) is 35.7 Å². The molecule has 0 aliphatic heterocycles. The molecule has 1 aromatic carbocycles. The average Bonchev–Trinajstić information content (AvgIpc) is 3.07. The number of nitrogens with zero attached hydrogens (tertiary/aromatic N) is 3. The van der Waals surface area contributed by atoms with Crippen molar-refractivity contribution in [3.05, 3.63) is 66.6 Å². The third kappa shape index (κ3) is 6.21. The first kappa shape index (κ1) is 20.6. The van der Waals surface area contributed by atoms with Gasteiger partial charge in [0.1, 0.15) is 5.65 Å². The van der Waals surface area contributed by atoms with Gasteiger partial charge in [0.15, 0.2) is 5.96 Å². The summed E-state index contributed by atoms with van der Waals surface area (Å²) in [5.74, 6) is 1.83. The maximum Gasteiger partial charge on any atom is 0.191 e. The molecule has 7 heteroatoms. The molecule has 0 spiro atoms. The monoisotopic (exact) mass is 481 g/mol. The van der Waals surface area contributed by atoms with Crippen LogP contribution in [0.3, 0.4) is 0 Å². The van der Waals surface area contributed by atoms with E-state index in [9.17, 15) is 0 Å². The minimum atomic E-state index is 0. The minimum absolute atomic E-state index is 0. The van der Waals surface area contributed by atoms with E-state index >= 15 is 0 Å². The highest BCUT2D eigenvalue weighted by atomic mass is 127. The van der Waals surface area contributed by atoms with Crippen LogP contribution in [0.2, 0.25) is 0 Å². The summed E-state index contributed by atoms with van der Waals surface area (Å²) in [4.78, 5) is 10.2. The van der Waals surface area contributed by atoms with Gasteiger partial charge in [-0.1, -0.05) is 24.3 Å². The van der Waals surface area contributed by atoms with E-state index in [0.29, 0.717) is 0 Å². The number of benzene rings is 1. The summed E-state index contributed by atoms with van der Waals surface area (Å²) >= 11 is 1.84. The fraction of sp³-hybridized carbons (Fsp3) is 0.263. The van der Waals surface area contributed by atoms with Crippen molar-refractivity contribution in [1.29, 1.82) is 0 Å². The standard InChI is InChI=1S/C19H23N5S.HI/c1-20-19(22-12-14-25-17-7-3-2-4-8-17)21-11-10-16-15-24-13-6-5-9-18(24)23-16;/h2-9,13,15H,10-12,14H2,1H3,(H2,20,21,22);1H. The lowest BCUT2D eigenvalue weighted by Gasteiger charge is -2.11. The topological polar surface area (TPSA) is 53.7 Å².